The molecule has 0 radical (unpaired) electrons. The van der Waals surface area contributed by atoms with Crippen LogP contribution in [0.3, 0.4) is 0 Å². The smallest absolute Gasteiger partial charge is 0.302 e. The van der Waals surface area contributed by atoms with Crippen molar-refractivity contribution in [2.75, 3.05) is 13.2 Å². The van der Waals surface area contributed by atoms with Crippen molar-refractivity contribution in [3.05, 3.63) is 48.0 Å². The number of rotatable bonds is 7. The lowest BCUT2D eigenvalue weighted by molar-refractivity contribution is -0.247. The van der Waals surface area contributed by atoms with Gasteiger partial charge in [0.2, 0.25) is 0 Å². The van der Waals surface area contributed by atoms with Crippen molar-refractivity contribution in [3.63, 3.8) is 0 Å². The zero-order valence-electron chi connectivity index (χ0n) is 28.6. The largest absolute Gasteiger partial charge is 0.465 e. The maximum absolute atomic E-state index is 12.0. The maximum Gasteiger partial charge on any atom is 0.302 e. The Labute approximate surface area is 263 Å². The Balaban J connectivity index is 1.29. The van der Waals surface area contributed by atoms with Crippen LogP contribution in [0.5, 0.6) is 0 Å². The average Bonchev–Trinajstić information content (AvgIpc) is 3.35. The van der Waals surface area contributed by atoms with Gasteiger partial charge in [-0.3, -0.25) is 4.79 Å². The minimum atomic E-state index is -0.123. The second kappa shape index (κ2) is 11.0. The first-order valence-electron chi connectivity index (χ1n) is 17.8. The monoisotopic (exact) mass is 587 g/mol. The quantitative estimate of drug-likeness (QED) is 0.255. The topological polar surface area (TPSA) is 38.3 Å². The van der Waals surface area contributed by atoms with Crippen LogP contribution in [-0.2, 0) is 16.1 Å². The van der Waals surface area contributed by atoms with Crippen LogP contribution in [0.4, 0.5) is 0 Å². The average molecular weight is 588 g/mol. The Bertz CT molecular complexity index is 1210. The second-order valence-corrected chi connectivity index (χ2v) is 17.4. The molecule has 0 saturated heterocycles. The standard InChI is InChI=1S/C40H61NO2/c1-27(2)31-17-21-40(25-41-24-30-12-10-9-11-13-30)23-22-38(7)32(35(31)40)14-15-34-36(5)19-16-28(3)37(6,26-43-29(4)42)33(36)18-20-39(34,38)8/h9-13,28,31-35,41H,1,14-26H2,2-8H3/t28-,31?,32?,33?,34?,35?,36-,37+,38+,39+,40+/m0/s1. The van der Waals surface area contributed by atoms with E-state index in [0.717, 1.165) is 30.8 Å². The van der Waals surface area contributed by atoms with E-state index in [1.165, 1.54) is 75.3 Å². The minimum Gasteiger partial charge on any atom is -0.465 e. The summed E-state index contributed by atoms with van der Waals surface area (Å²) in [5.74, 6) is 4.03. The summed E-state index contributed by atoms with van der Waals surface area (Å²) in [4.78, 5) is 12.0. The molecular formula is C40H61NO2. The van der Waals surface area contributed by atoms with Crippen molar-refractivity contribution in [1.82, 2.24) is 5.32 Å². The first kappa shape index (κ1) is 31.4. The Hall–Kier alpha value is -1.61. The number of carbonyl (C=O) groups excluding carboxylic acids is 1. The van der Waals surface area contributed by atoms with Gasteiger partial charge in [0.1, 0.15) is 0 Å². The first-order valence-corrected chi connectivity index (χ1v) is 17.8. The van der Waals surface area contributed by atoms with Crippen LogP contribution in [0.25, 0.3) is 0 Å². The van der Waals surface area contributed by atoms with Gasteiger partial charge in [-0.2, -0.15) is 0 Å². The van der Waals surface area contributed by atoms with Gasteiger partial charge in [0.25, 0.3) is 0 Å². The number of ether oxygens (including phenoxy) is 1. The van der Waals surface area contributed by atoms with E-state index in [4.69, 9.17) is 4.74 Å². The molecule has 1 aromatic carbocycles. The fraction of sp³-hybridized carbons (Fsp3) is 0.775. The van der Waals surface area contributed by atoms with E-state index in [1.807, 2.05) is 0 Å². The second-order valence-electron chi connectivity index (χ2n) is 17.4. The Morgan fingerprint density at radius 1 is 0.884 bits per heavy atom. The summed E-state index contributed by atoms with van der Waals surface area (Å²) in [6.07, 6.45) is 13.4. The molecule has 5 unspecified atom stereocenters. The fourth-order valence-electron chi connectivity index (χ4n) is 13.1. The molecule has 6 rings (SSSR count). The van der Waals surface area contributed by atoms with Gasteiger partial charge in [0.15, 0.2) is 0 Å². The maximum atomic E-state index is 12.0. The first-order chi connectivity index (χ1) is 20.3. The highest BCUT2D eigenvalue weighted by molar-refractivity contribution is 5.65. The molecule has 0 heterocycles. The molecular weight excluding hydrogens is 526 g/mol. The van der Waals surface area contributed by atoms with E-state index in [1.54, 1.807) is 6.92 Å². The SMILES string of the molecule is C=C(C)C1CC[C@]2(CNCc3ccccc3)CC[C@]3(C)C(CCC4[C@@]5(C)CC[C@H](C)[C@@](C)(COC(C)=O)C5CC[C@]43C)C12. The van der Waals surface area contributed by atoms with Crippen LogP contribution in [-0.4, -0.2) is 19.1 Å². The summed E-state index contributed by atoms with van der Waals surface area (Å²) in [6.45, 7) is 24.3. The van der Waals surface area contributed by atoms with Crippen molar-refractivity contribution in [2.24, 2.45) is 62.6 Å². The highest BCUT2D eigenvalue weighted by Gasteiger charge is 2.71. The molecule has 0 bridgehead atoms. The summed E-state index contributed by atoms with van der Waals surface area (Å²) in [5.41, 5.74) is 4.34. The summed E-state index contributed by atoms with van der Waals surface area (Å²) < 4.78 is 5.82. The number of benzene rings is 1. The normalized spacial score (nSPS) is 47.0. The van der Waals surface area contributed by atoms with Gasteiger partial charge in [-0.15, -0.1) is 0 Å². The van der Waals surface area contributed by atoms with E-state index in [9.17, 15) is 4.79 Å². The van der Waals surface area contributed by atoms with E-state index >= 15 is 0 Å². The third-order valence-corrected chi connectivity index (χ3v) is 15.8. The van der Waals surface area contributed by atoms with Crippen molar-refractivity contribution in [3.8, 4) is 0 Å². The van der Waals surface area contributed by atoms with Gasteiger partial charge in [-0.05, 0) is 134 Å². The number of esters is 1. The van der Waals surface area contributed by atoms with E-state index in [0.29, 0.717) is 46.0 Å². The highest BCUT2D eigenvalue weighted by atomic mass is 16.5. The van der Waals surface area contributed by atoms with Crippen LogP contribution in [0, 0.1) is 62.6 Å². The third-order valence-electron chi connectivity index (χ3n) is 15.8. The number of hydrogen-bond acceptors (Lipinski definition) is 3. The Morgan fingerprint density at radius 2 is 1.63 bits per heavy atom. The number of nitrogens with one attached hydrogen (secondary N) is 1. The predicted octanol–water partition coefficient (Wildman–Crippen LogP) is 9.61. The lowest BCUT2D eigenvalue weighted by Crippen LogP contribution is -2.67. The highest BCUT2D eigenvalue weighted by Crippen LogP contribution is 2.77. The molecule has 0 spiro atoms. The molecule has 5 aliphatic carbocycles. The third kappa shape index (κ3) is 4.71. The number of fused-ring (bicyclic) bond motifs is 7. The van der Waals surface area contributed by atoms with Gasteiger partial charge in [0.05, 0.1) is 6.61 Å². The van der Waals surface area contributed by atoms with Gasteiger partial charge in [-0.25, -0.2) is 0 Å². The van der Waals surface area contributed by atoms with E-state index < -0.39 is 0 Å². The molecule has 5 saturated carbocycles. The van der Waals surface area contributed by atoms with Gasteiger partial charge in [0, 0.05) is 25.4 Å². The molecule has 1 aromatic rings. The molecule has 0 amide bonds. The molecule has 1 N–H and O–H groups in total. The number of hydrogen-bond donors (Lipinski definition) is 1. The molecule has 11 atom stereocenters. The molecule has 0 aliphatic heterocycles. The molecule has 238 valence electrons. The summed E-state index contributed by atoms with van der Waals surface area (Å²) in [6, 6.07) is 11.0. The van der Waals surface area contributed by atoms with Crippen LogP contribution in [0.2, 0.25) is 0 Å². The van der Waals surface area contributed by atoms with E-state index in [2.05, 4.69) is 83.8 Å². The summed E-state index contributed by atoms with van der Waals surface area (Å²) in [5, 5.41) is 3.98. The van der Waals surface area contributed by atoms with E-state index in [-0.39, 0.29) is 11.4 Å². The predicted molar refractivity (Wildman–Crippen MR) is 177 cm³/mol. The van der Waals surface area contributed by atoms with Crippen molar-refractivity contribution < 1.29 is 9.53 Å². The summed E-state index contributed by atoms with van der Waals surface area (Å²) >= 11 is 0. The zero-order chi connectivity index (χ0) is 30.8. The molecule has 3 nitrogen and oxygen atoms in total. The molecule has 43 heavy (non-hydrogen) atoms. The molecule has 3 heteroatoms. The number of allylic oxidation sites excluding steroid dienone is 1. The molecule has 5 fully saturated rings. The van der Waals surface area contributed by atoms with Crippen LogP contribution in [0.1, 0.15) is 118 Å². The van der Waals surface area contributed by atoms with Crippen molar-refractivity contribution in [2.45, 2.75) is 119 Å². The van der Waals surface area contributed by atoms with Crippen LogP contribution >= 0.6 is 0 Å². The van der Waals surface area contributed by atoms with Gasteiger partial charge < -0.3 is 10.1 Å². The molecule has 0 aromatic heterocycles. The number of carbonyl (C=O) groups is 1. The molecule has 5 aliphatic rings. The fourth-order valence-corrected chi connectivity index (χ4v) is 13.1. The van der Waals surface area contributed by atoms with Crippen molar-refractivity contribution in [1.29, 1.82) is 0 Å². The van der Waals surface area contributed by atoms with Crippen LogP contribution < -0.4 is 5.32 Å². The minimum absolute atomic E-state index is 0.0698. The lowest BCUT2D eigenvalue weighted by Gasteiger charge is -2.73. The summed E-state index contributed by atoms with van der Waals surface area (Å²) in [7, 11) is 0. The van der Waals surface area contributed by atoms with Crippen molar-refractivity contribution >= 4 is 5.97 Å². The lowest BCUT2D eigenvalue weighted by atomic mass is 9.32. The Kier molecular flexibility index (Phi) is 8.05. The van der Waals surface area contributed by atoms with Crippen LogP contribution in [0.15, 0.2) is 42.5 Å². The van der Waals surface area contributed by atoms with Gasteiger partial charge in [-0.1, -0.05) is 77.1 Å². The van der Waals surface area contributed by atoms with Gasteiger partial charge >= 0.3 is 5.97 Å². The Morgan fingerprint density at radius 3 is 2.33 bits per heavy atom. The zero-order valence-corrected chi connectivity index (χ0v) is 28.6.